The number of para-hydroxylation sites is 1. The molecule has 1 atom stereocenters. The van der Waals surface area contributed by atoms with Crippen molar-refractivity contribution in [2.75, 3.05) is 23.4 Å². The number of benzene rings is 2. The molecule has 0 saturated carbocycles. The molecule has 2 aromatic rings. The van der Waals surface area contributed by atoms with Gasteiger partial charge in [0.2, 0.25) is 5.91 Å². The smallest absolute Gasteiger partial charge is 0.311 e. The van der Waals surface area contributed by atoms with E-state index in [0.29, 0.717) is 5.69 Å². The first-order chi connectivity index (χ1) is 14.0. The van der Waals surface area contributed by atoms with E-state index < -0.39 is 17.8 Å². The molecule has 1 N–H and O–H groups in total. The fourth-order valence-corrected chi connectivity index (χ4v) is 3.42. The average molecular weight is 394 g/mol. The number of nitrogens with zero attached hydrogens (tertiary/aromatic N) is 1. The molecule has 3 rings (SSSR count). The standard InChI is InChI=1S/C23H26N2O4/c1-3-16-9-11-19(12-10-16)25-14-18(13-22(25)27)23(28)29-15-21(26)24-20-8-6-5-7-17(20)4-2/h5-12,18H,3-4,13-15H2,1-2H3,(H,24,26)/t18-/m0/s1. The van der Waals surface area contributed by atoms with Crippen LogP contribution >= 0.6 is 0 Å². The summed E-state index contributed by atoms with van der Waals surface area (Å²) >= 11 is 0. The lowest BCUT2D eigenvalue weighted by atomic mass is 10.1. The van der Waals surface area contributed by atoms with Crippen molar-refractivity contribution in [2.24, 2.45) is 5.92 Å². The van der Waals surface area contributed by atoms with Crippen molar-refractivity contribution < 1.29 is 19.1 Å². The van der Waals surface area contributed by atoms with E-state index in [9.17, 15) is 14.4 Å². The molecule has 6 nitrogen and oxygen atoms in total. The maximum atomic E-state index is 12.4. The van der Waals surface area contributed by atoms with E-state index in [2.05, 4.69) is 12.2 Å². The molecule has 1 aliphatic rings. The number of hydrogen-bond donors (Lipinski definition) is 1. The van der Waals surface area contributed by atoms with Gasteiger partial charge < -0.3 is 15.0 Å². The molecule has 0 radical (unpaired) electrons. The summed E-state index contributed by atoms with van der Waals surface area (Å²) in [6.45, 7) is 3.97. The van der Waals surface area contributed by atoms with Crippen LogP contribution in [0.3, 0.4) is 0 Å². The quantitative estimate of drug-likeness (QED) is 0.731. The third kappa shape index (κ3) is 5.02. The first kappa shape index (κ1) is 20.6. The number of ether oxygens (including phenoxy) is 1. The number of carbonyl (C=O) groups is 3. The molecule has 1 aliphatic heterocycles. The minimum absolute atomic E-state index is 0.0919. The number of aryl methyl sites for hydroxylation is 2. The third-order valence-electron chi connectivity index (χ3n) is 5.13. The summed E-state index contributed by atoms with van der Waals surface area (Å²) in [6, 6.07) is 15.2. The van der Waals surface area contributed by atoms with Gasteiger partial charge in [0.05, 0.1) is 5.92 Å². The van der Waals surface area contributed by atoms with E-state index in [1.165, 1.54) is 5.56 Å². The maximum Gasteiger partial charge on any atom is 0.311 e. The van der Waals surface area contributed by atoms with Crippen LogP contribution in [-0.2, 0) is 32.0 Å². The zero-order valence-corrected chi connectivity index (χ0v) is 16.8. The Balaban J connectivity index is 1.53. The fraction of sp³-hybridized carbons (Fsp3) is 0.348. The first-order valence-electron chi connectivity index (χ1n) is 9.95. The molecule has 2 amide bonds. The van der Waals surface area contributed by atoms with E-state index in [1.807, 2.05) is 55.5 Å². The van der Waals surface area contributed by atoms with Crippen LogP contribution in [0, 0.1) is 5.92 Å². The number of carbonyl (C=O) groups excluding carboxylic acids is 3. The van der Waals surface area contributed by atoms with Gasteiger partial charge in [-0.1, -0.05) is 44.2 Å². The average Bonchev–Trinajstić information content (AvgIpc) is 3.14. The van der Waals surface area contributed by atoms with Gasteiger partial charge in [0.15, 0.2) is 6.61 Å². The van der Waals surface area contributed by atoms with Gasteiger partial charge in [0.25, 0.3) is 5.91 Å². The summed E-state index contributed by atoms with van der Waals surface area (Å²) in [5.41, 5.74) is 3.69. The Labute approximate surface area is 170 Å². The van der Waals surface area contributed by atoms with Crippen molar-refractivity contribution in [3.63, 3.8) is 0 Å². The van der Waals surface area contributed by atoms with Crippen LogP contribution in [0.25, 0.3) is 0 Å². The van der Waals surface area contributed by atoms with Crippen LogP contribution in [0.15, 0.2) is 48.5 Å². The van der Waals surface area contributed by atoms with Crippen LogP contribution in [0.4, 0.5) is 11.4 Å². The Morgan fingerprint density at radius 1 is 1.07 bits per heavy atom. The highest BCUT2D eigenvalue weighted by atomic mass is 16.5. The van der Waals surface area contributed by atoms with Crippen LogP contribution in [-0.4, -0.2) is 30.9 Å². The largest absolute Gasteiger partial charge is 0.455 e. The second-order valence-corrected chi connectivity index (χ2v) is 7.09. The van der Waals surface area contributed by atoms with Gasteiger partial charge in [-0.25, -0.2) is 0 Å². The predicted molar refractivity (Wildman–Crippen MR) is 112 cm³/mol. The molecule has 152 valence electrons. The van der Waals surface area contributed by atoms with E-state index in [0.717, 1.165) is 24.1 Å². The van der Waals surface area contributed by atoms with Crippen LogP contribution < -0.4 is 10.2 Å². The normalized spacial score (nSPS) is 16.0. The first-order valence-corrected chi connectivity index (χ1v) is 9.95. The van der Waals surface area contributed by atoms with Crippen LogP contribution in [0.5, 0.6) is 0 Å². The molecule has 0 unspecified atom stereocenters. The summed E-state index contributed by atoms with van der Waals surface area (Å²) < 4.78 is 5.17. The number of hydrogen-bond acceptors (Lipinski definition) is 4. The molecule has 0 bridgehead atoms. The molecule has 1 saturated heterocycles. The second-order valence-electron chi connectivity index (χ2n) is 7.09. The van der Waals surface area contributed by atoms with Gasteiger partial charge in [0, 0.05) is 24.3 Å². The Morgan fingerprint density at radius 3 is 2.48 bits per heavy atom. The molecule has 0 spiro atoms. The molecule has 1 fully saturated rings. The van der Waals surface area contributed by atoms with Gasteiger partial charge in [-0.05, 0) is 42.2 Å². The van der Waals surface area contributed by atoms with E-state index >= 15 is 0 Å². The number of nitrogens with one attached hydrogen (secondary N) is 1. The van der Waals surface area contributed by atoms with Gasteiger partial charge in [0.1, 0.15) is 0 Å². The lowest BCUT2D eigenvalue weighted by molar-refractivity contribution is -0.151. The Kier molecular flexibility index (Phi) is 6.65. The lowest BCUT2D eigenvalue weighted by Crippen LogP contribution is -2.28. The third-order valence-corrected chi connectivity index (χ3v) is 5.13. The van der Waals surface area contributed by atoms with Gasteiger partial charge >= 0.3 is 5.97 Å². The van der Waals surface area contributed by atoms with Crippen molar-refractivity contribution >= 4 is 29.2 Å². The van der Waals surface area contributed by atoms with E-state index in [-0.39, 0.29) is 25.5 Å². The molecule has 2 aromatic carbocycles. The highest BCUT2D eigenvalue weighted by molar-refractivity contribution is 6.00. The molecular weight excluding hydrogens is 368 g/mol. The summed E-state index contributed by atoms with van der Waals surface area (Å²) in [6.07, 6.45) is 1.80. The topological polar surface area (TPSA) is 75.7 Å². The van der Waals surface area contributed by atoms with Crippen LogP contribution in [0.2, 0.25) is 0 Å². The van der Waals surface area contributed by atoms with Crippen LogP contribution in [0.1, 0.15) is 31.4 Å². The van der Waals surface area contributed by atoms with Gasteiger partial charge in [-0.2, -0.15) is 0 Å². The molecule has 29 heavy (non-hydrogen) atoms. The molecular formula is C23H26N2O4. The van der Waals surface area contributed by atoms with Crippen molar-refractivity contribution in [2.45, 2.75) is 33.1 Å². The SMILES string of the molecule is CCc1ccc(N2C[C@@H](C(=O)OCC(=O)Nc3ccccc3CC)CC2=O)cc1. The minimum Gasteiger partial charge on any atom is -0.455 e. The predicted octanol–water partition coefficient (Wildman–Crippen LogP) is 3.35. The summed E-state index contributed by atoms with van der Waals surface area (Å²) in [7, 11) is 0. The van der Waals surface area contributed by atoms with Gasteiger partial charge in [-0.15, -0.1) is 0 Å². The zero-order chi connectivity index (χ0) is 20.8. The summed E-state index contributed by atoms with van der Waals surface area (Å²) in [5.74, 6) is -1.60. The van der Waals surface area contributed by atoms with E-state index in [1.54, 1.807) is 4.90 Å². The Morgan fingerprint density at radius 2 is 1.79 bits per heavy atom. The second kappa shape index (κ2) is 9.37. The Hall–Kier alpha value is -3.15. The highest BCUT2D eigenvalue weighted by Crippen LogP contribution is 2.26. The lowest BCUT2D eigenvalue weighted by Gasteiger charge is -2.17. The number of amides is 2. The van der Waals surface area contributed by atoms with Crippen molar-refractivity contribution in [1.29, 1.82) is 0 Å². The summed E-state index contributed by atoms with van der Waals surface area (Å²) in [4.78, 5) is 38.4. The fourth-order valence-electron chi connectivity index (χ4n) is 3.42. The van der Waals surface area contributed by atoms with Gasteiger partial charge in [-0.3, -0.25) is 14.4 Å². The van der Waals surface area contributed by atoms with Crippen molar-refractivity contribution in [3.8, 4) is 0 Å². The van der Waals surface area contributed by atoms with Crippen molar-refractivity contribution in [1.82, 2.24) is 0 Å². The molecule has 1 heterocycles. The van der Waals surface area contributed by atoms with Crippen molar-refractivity contribution in [3.05, 3.63) is 59.7 Å². The van der Waals surface area contributed by atoms with E-state index in [4.69, 9.17) is 4.74 Å². The molecule has 0 aromatic heterocycles. The number of rotatable bonds is 7. The zero-order valence-electron chi connectivity index (χ0n) is 16.8. The molecule has 0 aliphatic carbocycles. The summed E-state index contributed by atoms with van der Waals surface area (Å²) in [5, 5.41) is 2.77. The Bertz CT molecular complexity index is 892. The molecule has 6 heteroatoms. The highest BCUT2D eigenvalue weighted by Gasteiger charge is 2.36. The minimum atomic E-state index is -0.566. The monoisotopic (exact) mass is 394 g/mol. The maximum absolute atomic E-state index is 12.4. The number of anilines is 2. The number of esters is 1.